The van der Waals surface area contributed by atoms with Crippen LogP contribution in [0.1, 0.15) is 41.0 Å². The smallest absolute Gasteiger partial charge is 0.429 e. The van der Waals surface area contributed by atoms with Gasteiger partial charge < -0.3 is 9.84 Å². The van der Waals surface area contributed by atoms with E-state index in [-0.39, 0.29) is 18.3 Å². The number of alkyl halides is 6. The molecule has 0 saturated carbocycles. The lowest BCUT2D eigenvalue weighted by Gasteiger charge is -2.36. The normalized spacial score (nSPS) is 16.6. The largest absolute Gasteiger partial charge is 0.461 e. The van der Waals surface area contributed by atoms with Gasteiger partial charge in [-0.25, -0.2) is 0 Å². The van der Waals surface area contributed by atoms with Gasteiger partial charge in [-0.05, 0) is 25.2 Å². The second kappa shape index (κ2) is 6.86. The van der Waals surface area contributed by atoms with Gasteiger partial charge in [-0.3, -0.25) is 4.79 Å². The molecule has 0 rings (SSSR count). The first-order chi connectivity index (χ1) is 9.99. The molecule has 0 aliphatic heterocycles. The van der Waals surface area contributed by atoms with Crippen molar-refractivity contribution in [3.05, 3.63) is 0 Å². The van der Waals surface area contributed by atoms with Crippen molar-refractivity contribution in [1.82, 2.24) is 0 Å². The molecule has 0 aromatic rings. The van der Waals surface area contributed by atoms with Crippen LogP contribution in [0.2, 0.25) is 0 Å². The Kier molecular flexibility index (Phi) is 6.57. The highest BCUT2D eigenvalue weighted by atomic mass is 19.4. The van der Waals surface area contributed by atoms with Crippen molar-refractivity contribution >= 4 is 5.97 Å². The van der Waals surface area contributed by atoms with Crippen LogP contribution in [-0.4, -0.2) is 35.6 Å². The zero-order chi connectivity index (χ0) is 18.9. The Morgan fingerprint density at radius 3 is 1.65 bits per heavy atom. The molecular weight excluding hydrogens is 330 g/mol. The number of esters is 1. The van der Waals surface area contributed by atoms with Crippen LogP contribution in [0, 0.1) is 17.3 Å². The van der Waals surface area contributed by atoms with Gasteiger partial charge in [0.2, 0.25) is 0 Å². The van der Waals surface area contributed by atoms with Gasteiger partial charge in [-0.2, -0.15) is 26.3 Å². The van der Waals surface area contributed by atoms with Gasteiger partial charge in [-0.15, -0.1) is 0 Å². The average molecular weight is 352 g/mol. The van der Waals surface area contributed by atoms with Crippen LogP contribution in [0.3, 0.4) is 0 Å². The molecule has 0 amide bonds. The average Bonchev–Trinajstić information content (AvgIpc) is 2.31. The zero-order valence-corrected chi connectivity index (χ0v) is 13.6. The van der Waals surface area contributed by atoms with E-state index in [9.17, 15) is 31.1 Å². The molecule has 0 heterocycles. The van der Waals surface area contributed by atoms with Crippen LogP contribution >= 0.6 is 0 Å². The van der Waals surface area contributed by atoms with Gasteiger partial charge in [0.25, 0.3) is 5.60 Å². The quantitative estimate of drug-likeness (QED) is 0.578. The summed E-state index contributed by atoms with van der Waals surface area (Å²) in [6.07, 6.45) is -11.8. The van der Waals surface area contributed by atoms with Crippen molar-refractivity contribution < 1.29 is 41.0 Å². The van der Waals surface area contributed by atoms with E-state index in [4.69, 9.17) is 5.11 Å². The van der Waals surface area contributed by atoms with Gasteiger partial charge in [0.1, 0.15) is 6.61 Å². The summed E-state index contributed by atoms with van der Waals surface area (Å²) < 4.78 is 79.6. The summed E-state index contributed by atoms with van der Waals surface area (Å²) in [5, 5.41) is 8.99. The molecule has 0 aromatic heterocycles. The number of carbonyl (C=O) groups is 1. The third-order valence-corrected chi connectivity index (χ3v) is 3.92. The number of rotatable bonds is 6. The third kappa shape index (κ3) is 4.74. The topological polar surface area (TPSA) is 46.5 Å². The number of aliphatic hydroxyl groups is 1. The fourth-order valence-corrected chi connectivity index (χ4v) is 2.06. The van der Waals surface area contributed by atoms with Crippen molar-refractivity contribution in [2.45, 2.75) is 59.0 Å². The Morgan fingerprint density at radius 1 is 1.00 bits per heavy atom. The lowest BCUT2D eigenvalue weighted by molar-refractivity contribution is -0.376. The summed E-state index contributed by atoms with van der Waals surface area (Å²) in [5.41, 5.74) is -6.35. The lowest BCUT2D eigenvalue weighted by Crippen LogP contribution is -2.60. The molecule has 138 valence electrons. The van der Waals surface area contributed by atoms with Crippen LogP contribution in [0.4, 0.5) is 26.3 Å². The van der Waals surface area contributed by atoms with E-state index in [2.05, 4.69) is 4.74 Å². The Hall–Kier alpha value is -0.990. The molecule has 0 fully saturated rings. The van der Waals surface area contributed by atoms with Gasteiger partial charge in [-0.1, -0.05) is 27.7 Å². The van der Waals surface area contributed by atoms with E-state index in [1.807, 2.05) is 0 Å². The van der Waals surface area contributed by atoms with Crippen molar-refractivity contribution in [2.75, 3.05) is 6.61 Å². The molecule has 0 saturated heterocycles. The summed E-state index contributed by atoms with van der Waals surface area (Å²) >= 11 is 0. The molecular formula is C14H22F6O3. The second-order valence-electron chi connectivity index (χ2n) is 6.60. The molecule has 3 nitrogen and oxygen atoms in total. The molecule has 9 heteroatoms. The zero-order valence-electron chi connectivity index (χ0n) is 13.6. The minimum absolute atomic E-state index is 0.0286. The SMILES string of the molecule is CC(C)CC(C)(C(=O)OCC(O)(C(F)(F)F)C(F)(F)F)C(C)C. The summed E-state index contributed by atoms with van der Waals surface area (Å²) in [4.78, 5) is 12.1. The fraction of sp³-hybridized carbons (Fsp3) is 0.929. The van der Waals surface area contributed by atoms with Gasteiger partial charge >= 0.3 is 18.3 Å². The highest BCUT2D eigenvalue weighted by Gasteiger charge is 2.71. The van der Waals surface area contributed by atoms with E-state index in [1.165, 1.54) is 6.92 Å². The maximum Gasteiger partial charge on any atom is 0.429 e. The number of hydrogen-bond donors (Lipinski definition) is 1. The minimum Gasteiger partial charge on any atom is -0.461 e. The number of halogens is 6. The maximum atomic E-state index is 12.6. The third-order valence-electron chi connectivity index (χ3n) is 3.92. The Balaban J connectivity index is 5.37. The summed E-state index contributed by atoms with van der Waals surface area (Å²) in [6, 6.07) is 0. The molecule has 1 unspecified atom stereocenters. The molecule has 1 atom stereocenters. The van der Waals surface area contributed by atoms with E-state index >= 15 is 0 Å². The molecule has 0 spiro atoms. The minimum atomic E-state index is -6.02. The molecule has 0 aliphatic carbocycles. The van der Waals surface area contributed by atoms with E-state index in [0.29, 0.717) is 0 Å². The first-order valence-corrected chi connectivity index (χ1v) is 7.02. The Bertz CT molecular complexity index is 400. The van der Waals surface area contributed by atoms with Gasteiger partial charge in [0.05, 0.1) is 5.41 Å². The van der Waals surface area contributed by atoms with Crippen LogP contribution in [0.25, 0.3) is 0 Å². The first kappa shape index (κ1) is 22.0. The second-order valence-corrected chi connectivity index (χ2v) is 6.60. The molecule has 0 aromatic carbocycles. The van der Waals surface area contributed by atoms with Crippen molar-refractivity contribution in [3.8, 4) is 0 Å². The fourth-order valence-electron chi connectivity index (χ4n) is 2.06. The Morgan fingerprint density at radius 2 is 1.39 bits per heavy atom. The lowest BCUT2D eigenvalue weighted by atomic mass is 9.73. The summed E-state index contributed by atoms with van der Waals surface area (Å²) in [6.45, 7) is 5.94. The number of ether oxygens (including phenoxy) is 1. The van der Waals surface area contributed by atoms with Crippen LogP contribution in [0.5, 0.6) is 0 Å². The number of hydrogen-bond acceptors (Lipinski definition) is 3. The van der Waals surface area contributed by atoms with Crippen molar-refractivity contribution in [1.29, 1.82) is 0 Å². The standard InChI is InChI=1S/C14H22F6O3/c1-8(2)6-11(5,9(3)4)10(21)23-7-12(22,13(15,16)17)14(18,19)20/h8-9,22H,6-7H2,1-5H3. The summed E-state index contributed by atoms with van der Waals surface area (Å²) in [5.74, 6) is -1.60. The monoisotopic (exact) mass is 352 g/mol. The maximum absolute atomic E-state index is 12.6. The van der Waals surface area contributed by atoms with Crippen LogP contribution in [0.15, 0.2) is 0 Å². The van der Waals surface area contributed by atoms with E-state index in [1.54, 1.807) is 27.7 Å². The van der Waals surface area contributed by atoms with Crippen LogP contribution in [-0.2, 0) is 9.53 Å². The van der Waals surface area contributed by atoms with Crippen LogP contribution < -0.4 is 0 Å². The predicted octanol–water partition coefficient (Wildman–Crippen LogP) is 4.09. The molecule has 0 aliphatic rings. The molecule has 0 bridgehead atoms. The van der Waals surface area contributed by atoms with Crippen molar-refractivity contribution in [3.63, 3.8) is 0 Å². The Labute approximate surface area is 131 Å². The summed E-state index contributed by atoms with van der Waals surface area (Å²) in [7, 11) is 0. The first-order valence-electron chi connectivity index (χ1n) is 7.02. The molecule has 1 N–H and O–H groups in total. The number of carbonyl (C=O) groups excluding carboxylic acids is 1. The van der Waals surface area contributed by atoms with E-state index < -0.39 is 35.9 Å². The van der Waals surface area contributed by atoms with E-state index in [0.717, 1.165) is 0 Å². The predicted molar refractivity (Wildman–Crippen MR) is 70.4 cm³/mol. The highest BCUT2D eigenvalue weighted by molar-refractivity contribution is 5.76. The highest BCUT2D eigenvalue weighted by Crippen LogP contribution is 2.44. The molecule has 0 radical (unpaired) electrons. The molecule has 23 heavy (non-hydrogen) atoms. The van der Waals surface area contributed by atoms with Crippen molar-refractivity contribution in [2.24, 2.45) is 17.3 Å². The van der Waals surface area contributed by atoms with Gasteiger partial charge in [0.15, 0.2) is 0 Å². The van der Waals surface area contributed by atoms with Gasteiger partial charge in [0, 0.05) is 0 Å².